The molecule has 6 nitrogen and oxygen atoms in total. The highest BCUT2D eigenvalue weighted by Gasteiger charge is 2.18. The van der Waals surface area contributed by atoms with Crippen molar-refractivity contribution in [2.45, 2.75) is 296 Å². The van der Waals surface area contributed by atoms with Crippen LogP contribution in [0.5, 0.6) is 0 Å². The number of ether oxygens (including phenoxy) is 1. The molecule has 3 N–H and O–H groups in total. The summed E-state index contributed by atoms with van der Waals surface area (Å²) in [5.74, 6) is -0.0924. The van der Waals surface area contributed by atoms with Crippen molar-refractivity contribution in [3.05, 3.63) is 24.3 Å². The van der Waals surface area contributed by atoms with Crippen molar-refractivity contribution in [3.63, 3.8) is 0 Å². The van der Waals surface area contributed by atoms with Gasteiger partial charge >= 0.3 is 5.97 Å². The normalized spacial score (nSPS) is 12.8. The minimum atomic E-state index is -0.852. The first-order valence-corrected chi connectivity index (χ1v) is 26.6. The summed E-state index contributed by atoms with van der Waals surface area (Å²) in [4.78, 5) is 24.4. The Balaban J connectivity index is 3.45. The first-order valence-electron chi connectivity index (χ1n) is 26.6. The van der Waals surface area contributed by atoms with Gasteiger partial charge in [0.2, 0.25) is 5.91 Å². The van der Waals surface area contributed by atoms with E-state index in [1.165, 1.54) is 186 Å². The maximum atomic E-state index is 12.4. The van der Waals surface area contributed by atoms with Crippen LogP contribution in [0, 0.1) is 0 Å². The molecule has 6 heteroatoms. The summed E-state index contributed by atoms with van der Waals surface area (Å²) in [5.41, 5.74) is 0. The Labute approximate surface area is 373 Å². The monoisotopic (exact) mass is 846 g/mol. The molecule has 0 aliphatic rings. The van der Waals surface area contributed by atoms with E-state index in [0.29, 0.717) is 19.4 Å². The molecule has 2 atom stereocenters. The van der Waals surface area contributed by atoms with Crippen LogP contribution < -0.4 is 5.32 Å². The predicted octanol–water partition coefficient (Wildman–Crippen LogP) is 15.9. The lowest BCUT2D eigenvalue weighted by molar-refractivity contribution is -0.143. The largest absolute Gasteiger partial charge is 0.466 e. The molecule has 0 rings (SSSR count). The summed E-state index contributed by atoms with van der Waals surface area (Å²) in [7, 11) is 0. The Morgan fingerprint density at radius 1 is 0.450 bits per heavy atom. The van der Waals surface area contributed by atoms with Gasteiger partial charge in [0.05, 0.1) is 25.4 Å². The molecule has 0 bridgehead atoms. The molecule has 0 heterocycles. The maximum absolute atomic E-state index is 12.4. The molecular formula is C54H103NO5. The lowest BCUT2D eigenvalue weighted by Crippen LogP contribution is -2.45. The first-order chi connectivity index (χ1) is 29.5. The Hall–Kier alpha value is -1.66. The highest BCUT2D eigenvalue weighted by Crippen LogP contribution is 2.16. The van der Waals surface area contributed by atoms with E-state index >= 15 is 0 Å². The molecule has 60 heavy (non-hydrogen) atoms. The summed E-state index contributed by atoms with van der Waals surface area (Å²) >= 11 is 0. The number of rotatable bonds is 49. The number of aliphatic hydroxyl groups is 2. The van der Waals surface area contributed by atoms with Gasteiger partial charge in [-0.25, -0.2) is 0 Å². The lowest BCUT2D eigenvalue weighted by atomic mass is 10.0. The molecule has 0 radical (unpaired) electrons. The van der Waals surface area contributed by atoms with Gasteiger partial charge in [0.15, 0.2) is 0 Å². The van der Waals surface area contributed by atoms with E-state index in [1.54, 1.807) is 6.08 Å². The molecule has 0 spiro atoms. The van der Waals surface area contributed by atoms with Crippen LogP contribution in [0.4, 0.5) is 0 Å². The molecule has 0 aromatic rings. The van der Waals surface area contributed by atoms with Crippen LogP contribution >= 0.6 is 0 Å². The smallest absolute Gasteiger partial charge is 0.305 e. The number of aliphatic hydroxyl groups excluding tert-OH is 2. The van der Waals surface area contributed by atoms with Crippen molar-refractivity contribution < 1.29 is 24.5 Å². The van der Waals surface area contributed by atoms with Crippen molar-refractivity contribution >= 4 is 11.9 Å². The third-order valence-electron chi connectivity index (χ3n) is 12.2. The quantitative estimate of drug-likeness (QED) is 0.0322. The van der Waals surface area contributed by atoms with E-state index in [1.807, 2.05) is 6.08 Å². The minimum Gasteiger partial charge on any atom is -0.466 e. The third-order valence-corrected chi connectivity index (χ3v) is 12.2. The Morgan fingerprint density at radius 2 is 0.783 bits per heavy atom. The summed E-state index contributed by atoms with van der Waals surface area (Å²) in [6, 6.07) is -0.637. The van der Waals surface area contributed by atoms with Crippen molar-refractivity contribution in [1.29, 1.82) is 0 Å². The Morgan fingerprint density at radius 3 is 1.18 bits per heavy atom. The molecule has 1 amide bonds. The van der Waals surface area contributed by atoms with Gasteiger partial charge in [0, 0.05) is 12.8 Å². The fraction of sp³-hybridized carbons (Fsp3) is 0.889. The number of unbranched alkanes of at least 4 members (excludes halogenated alkanes) is 36. The van der Waals surface area contributed by atoms with E-state index in [4.69, 9.17) is 4.74 Å². The molecule has 0 aliphatic heterocycles. The van der Waals surface area contributed by atoms with Gasteiger partial charge in [-0.15, -0.1) is 0 Å². The molecular weight excluding hydrogens is 743 g/mol. The topological polar surface area (TPSA) is 95.9 Å². The van der Waals surface area contributed by atoms with E-state index in [2.05, 4.69) is 31.3 Å². The van der Waals surface area contributed by atoms with E-state index in [0.717, 1.165) is 70.6 Å². The molecule has 0 fully saturated rings. The van der Waals surface area contributed by atoms with Gasteiger partial charge in [0.1, 0.15) is 0 Å². The molecule has 354 valence electrons. The number of carbonyl (C=O) groups is 2. The Bertz CT molecular complexity index is 935. The SMILES string of the molecule is CCCCCCCCCC/C=C/C(O)C(CO)NC(=O)CCCCCCCCC/C=C\CCCCCCOC(=O)CCCCCCCCCCCCCCCCCCCC. The zero-order valence-corrected chi connectivity index (χ0v) is 40.2. The van der Waals surface area contributed by atoms with Gasteiger partial charge < -0.3 is 20.3 Å². The number of amides is 1. The van der Waals surface area contributed by atoms with E-state index in [9.17, 15) is 19.8 Å². The van der Waals surface area contributed by atoms with E-state index < -0.39 is 12.1 Å². The second-order valence-corrected chi connectivity index (χ2v) is 18.2. The van der Waals surface area contributed by atoms with Crippen molar-refractivity contribution in [3.8, 4) is 0 Å². The van der Waals surface area contributed by atoms with Gasteiger partial charge in [0.25, 0.3) is 0 Å². The van der Waals surface area contributed by atoms with Crippen molar-refractivity contribution in [2.24, 2.45) is 0 Å². The number of nitrogens with one attached hydrogen (secondary N) is 1. The average molecular weight is 846 g/mol. The fourth-order valence-electron chi connectivity index (χ4n) is 8.10. The zero-order valence-electron chi connectivity index (χ0n) is 40.2. The van der Waals surface area contributed by atoms with Gasteiger partial charge in [-0.3, -0.25) is 9.59 Å². The third kappa shape index (κ3) is 45.9. The first kappa shape index (κ1) is 58.3. The fourth-order valence-corrected chi connectivity index (χ4v) is 8.10. The summed E-state index contributed by atoms with van der Waals surface area (Å²) < 4.78 is 5.47. The summed E-state index contributed by atoms with van der Waals surface area (Å²) in [6.45, 7) is 4.85. The zero-order chi connectivity index (χ0) is 43.7. The molecule has 0 aromatic heterocycles. The van der Waals surface area contributed by atoms with Crippen molar-refractivity contribution in [2.75, 3.05) is 13.2 Å². The predicted molar refractivity (Wildman–Crippen MR) is 260 cm³/mol. The Kier molecular flexibility index (Phi) is 48.6. The van der Waals surface area contributed by atoms with Crippen LogP contribution in [0.1, 0.15) is 284 Å². The number of esters is 1. The second kappa shape index (κ2) is 50.0. The number of carbonyl (C=O) groups excluding carboxylic acids is 2. The van der Waals surface area contributed by atoms with Crippen LogP contribution in [0.25, 0.3) is 0 Å². The van der Waals surface area contributed by atoms with Crippen LogP contribution in [-0.4, -0.2) is 47.4 Å². The van der Waals surface area contributed by atoms with Crippen LogP contribution in [0.2, 0.25) is 0 Å². The summed E-state index contributed by atoms with van der Waals surface area (Å²) in [5, 5.41) is 22.9. The molecule has 0 aromatic carbocycles. The van der Waals surface area contributed by atoms with Crippen molar-refractivity contribution in [1.82, 2.24) is 5.32 Å². The molecule has 0 aliphatic carbocycles. The summed E-state index contributed by atoms with van der Waals surface area (Å²) in [6.07, 6.45) is 59.0. The lowest BCUT2D eigenvalue weighted by Gasteiger charge is -2.20. The average Bonchev–Trinajstić information content (AvgIpc) is 3.25. The van der Waals surface area contributed by atoms with Gasteiger partial charge in [-0.1, -0.05) is 237 Å². The second-order valence-electron chi connectivity index (χ2n) is 18.2. The number of hydrogen-bond acceptors (Lipinski definition) is 5. The standard InChI is InChI=1S/C54H103NO5/c1-3-5-7-9-11-13-15-16-17-18-19-22-25-28-32-36-40-44-48-54(59)60-49-45-41-37-33-29-26-23-20-21-24-27-31-35-39-43-47-53(58)55-51(50-56)52(57)46-42-38-34-30-14-12-10-8-6-4-2/h23,26,42,46,51-52,56-57H,3-22,24-25,27-41,43-45,47-50H2,1-2H3,(H,55,58)/b26-23-,46-42+. The van der Waals surface area contributed by atoms with E-state index in [-0.39, 0.29) is 18.5 Å². The maximum Gasteiger partial charge on any atom is 0.305 e. The van der Waals surface area contributed by atoms with Crippen LogP contribution in [0.3, 0.4) is 0 Å². The molecule has 0 saturated carbocycles. The molecule has 0 saturated heterocycles. The minimum absolute atomic E-state index is 0.00737. The van der Waals surface area contributed by atoms with Gasteiger partial charge in [-0.2, -0.15) is 0 Å². The van der Waals surface area contributed by atoms with Crippen LogP contribution in [0.15, 0.2) is 24.3 Å². The molecule has 2 unspecified atom stereocenters. The highest BCUT2D eigenvalue weighted by atomic mass is 16.5. The van der Waals surface area contributed by atoms with Crippen LogP contribution in [-0.2, 0) is 14.3 Å². The van der Waals surface area contributed by atoms with Gasteiger partial charge in [-0.05, 0) is 57.8 Å². The highest BCUT2D eigenvalue weighted by molar-refractivity contribution is 5.76. The number of hydrogen-bond donors (Lipinski definition) is 3. The number of allylic oxidation sites excluding steroid dienone is 3.